The lowest BCUT2D eigenvalue weighted by Crippen LogP contribution is -2.20. The first-order valence-electron chi connectivity index (χ1n) is 6.84. The minimum atomic E-state index is 0.0394. The fourth-order valence-electron chi connectivity index (χ4n) is 2.41. The van der Waals surface area contributed by atoms with Crippen LogP contribution in [0.25, 0.3) is 10.9 Å². The van der Waals surface area contributed by atoms with E-state index in [1.165, 1.54) is 0 Å². The van der Waals surface area contributed by atoms with Gasteiger partial charge in [-0.15, -0.1) is 0 Å². The van der Waals surface area contributed by atoms with Crippen LogP contribution in [0.15, 0.2) is 60.8 Å². The minimum Gasteiger partial charge on any atom is -0.375 e. The van der Waals surface area contributed by atoms with Crippen LogP contribution >= 0.6 is 11.6 Å². The molecule has 0 bridgehead atoms. The Balaban J connectivity index is 1.99. The Bertz CT molecular complexity index is 743. The zero-order valence-electron chi connectivity index (χ0n) is 11.5. The number of halogens is 1. The quantitative estimate of drug-likeness (QED) is 0.765. The Morgan fingerprint density at radius 1 is 1.05 bits per heavy atom. The van der Waals surface area contributed by atoms with Crippen molar-refractivity contribution in [3.63, 3.8) is 0 Å². The van der Waals surface area contributed by atoms with Crippen molar-refractivity contribution in [1.82, 2.24) is 4.98 Å². The lowest BCUT2D eigenvalue weighted by molar-refractivity contribution is 0.791. The molecule has 0 amide bonds. The number of benzene rings is 2. The molecule has 106 valence electrons. The first-order valence-corrected chi connectivity index (χ1v) is 7.22. The molecule has 3 rings (SSSR count). The van der Waals surface area contributed by atoms with Gasteiger partial charge in [-0.1, -0.05) is 41.9 Å². The van der Waals surface area contributed by atoms with E-state index in [1.807, 2.05) is 42.5 Å². The van der Waals surface area contributed by atoms with E-state index in [1.54, 1.807) is 6.20 Å². The van der Waals surface area contributed by atoms with Gasteiger partial charge < -0.3 is 11.1 Å². The molecule has 2 aromatic carbocycles. The summed E-state index contributed by atoms with van der Waals surface area (Å²) in [5.41, 5.74) is 8.87. The maximum atomic E-state index is 6.22. The molecule has 4 heteroatoms. The molecular formula is C17H16ClN3. The van der Waals surface area contributed by atoms with Crippen molar-refractivity contribution in [3.8, 4) is 0 Å². The van der Waals surface area contributed by atoms with Crippen LogP contribution in [0.5, 0.6) is 0 Å². The Kier molecular flexibility index (Phi) is 4.04. The predicted molar refractivity (Wildman–Crippen MR) is 88.6 cm³/mol. The summed E-state index contributed by atoms with van der Waals surface area (Å²) >= 11 is 6.22. The van der Waals surface area contributed by atoms with Crippen molar-refractivity contribution in [2.24, 2.45) is 5.73 Å². The van der Waals surface area contributed by atoms with Crippen molar-refractivity contribution in [1.29, 1.82) is 0 Å². The molecule has 1 atom stereocenters. The molecule has 3 N–H and O–H groups in total. The summed E-state index contributed by atoms with van der Waals surface area (Å²) in [5, 5.41) is 5.11. The monoisotopic (exact) mass is 297 g/mol. The third-order valence-corrected chi connectivity index (χ3v) is 3.81. The summed E-state index contributed by atoms with van der Waals surface area (Å²) in [6, 6.07) is 17.9. The molecule has 0 aliphatic rings. The standard InChI is InChI=1S/C17H16ClN3/c18-14-8-9-15(17-13(14)7-4-10-20-17)21-16(11-19)12-5-2-1-3-6-12/h1-10,16,21H,11,19H2. The first-order chi connectivity index (χ1) is 10.3. The number of rotatable bonds is 4. The van der Waals surface area contributed by atoms with E-state index in [0.29, 0.717) is 11.6 Å². The normalized spacial score (nSPS) is 12.3. The third-order valence-electron chi connectivity index (χ3n) is 3.48. The molecule has 0 spiro atoms. The second kappa shape index (κ2) is 6.12. The van der Waals surface area contributed by atoms with E-state index in [2.05, 4.69) is 22.4 Å². The van der Waals surface area contributed by atoms with Crippen LogP contribution in [0.1, 0.15) is 11.6 Å². The van der Waals surface area contributed by atoms with Gasteiger partial charge in [0.15, 0.2) is 0 Å². The van der Waals surface area contributed by atoms with Gasteiger partial charge in [0.1, 0.15) is 0 Å². The molecule has 3 nitrogen and oxygen atoms in total. The molecule has 0 fully saturated rings. The van der Waals surface area contributed by atoms with Crippen molar-refractivity contribution in [2.45, 2.75) is 6.04 Å². The molecule has 1 unspecified atom stereocenters. The lowest BCUT2D eigenvalue weighted by atomic mass is 10.1. The highest BCUT2D eigenvalue weighted by Crippen LogP contribution is 2.30. The Morgan fingerprint density at radius 3 is 2.62 bits per heavy atom. The van der Waals surface area contributed by atoms with E-state index >= 15 is 0 Å². The fourth-order valence-corrected chi connectivity index (χ4v) is 2.62. The highest BCUT2D eigenvalue weighted by Gasteiger charge is 2.12. The van der Waals surface area contributed by atoms with Crippen LogP contribution in [-0.2, 0) is 0 Å². The summed E-state index contributed by atoms with van der Waals surface area (Å²) in [4.78, 5) is 4.44. The number of aromatic nitrogens is 1. The van der Waals surface area contributed by atoms with E-state index in [0.717, 1.165) is 22.2 Å². The second-order valence-electron chi connectivity index (χ2n) is 4.84. The Hall–Kier alpha value is -2.10. The third kappa shape index (κ3) is 2.84. The number of hydrogen-bond donors (Lipinski definition) is 2. The van der Waals surface area contributed by atoms with Crippen LogP contribution in [0.2, 0.25) is 5.02 Å². The van der Waals surface area contributed by atoms with E-state index < -0.39 is 0 Å². The van der Waals surface area contributed by atoms with Crippen molar-refractivity contribution < 1.29 is 0 Å². The van der Waals surface area contributed by atoms with Gasteiger partial charge in [-0.05, 0) is 29.8 Å². The summed E-state index contributed by atoms with van der Waals surface area (Å²) in [6.45, 7) is 0.501. The summed E-state index contributed by atoms with van der Waals surface area (Å²) < 4.78 is 0. The minimum absolute atomic E-state index is 0.0394. The van der Waals surface area contributed by atoms with Crippen LogP contribution in [-0.4, -0.2) is 11.5 Å². The van der Waals surface area contributed by atoms with Crippen molar-refractivity contribution in [2.75, 3.05) is 11.9 Å². The molecule has 1 aromatic heterocycles. The number of nitrogens with one attached hydrogen (secondary N) is 1. The molecule has 0 saturated heterocycles. The van der Waals surface area contributed by atoms with Gasteiger partial charge in [0, 0.05) is 18.1 Å². The fraction of sp³-hybridized carbons (Fsp3) is 0.118. The van der Waals surface area contributed by atoms with Gasteiger partial charge in [0.25, 0.3) is 0 Å². The molecule has 0 saturated carbocycles. The molecular weight excluding hydrogens is 282 g/mol. The van der Waals surface area contributed by atoms with Crippen LogP contribution in [0.3, 0.4) is 0 Å². The zero-order chi connectivity index (χ0) is 14.7. The van der Waals surface area contributed by atoms with Gasteiger partial charge in [-0.25, -0.2) is 0 Å². The summed E-state index contributed by atoms with van der Waals surface area (Å²) in [7, 11) is 0. The van der Waals surface area contributed by atoms with Gasteiger partial charge in [-0.2, -0.15) is 0 Å². The molecule has 21 heavy (non-hydrogen) atoms. The van der Waals surface area contributed by atoms with Crippen LogP contribution in [0, 0.1) is 0 Å². The first kappa shape index (κ1) is 13.9. The highest BCUT2D eigenvalue weighted by atomic mass is 35.5. The molecule has 1 heterocycles. The molecule has 0 radical (unpaired) electrons. The zero-order valence-corrected chi connectivity index (χ0v) is 12.2. The van der Waals surface area contributed by atoms with E-state index in [9.17, 15) is 0 Å². The smallest absolute Gasteiger partial charge is 0.0948 e. The number of anilines is 1. The molecule has 3 aromatic rings. The number of pyridine rings is 1. The Morgan fingerprint density at radius 2 is 1.86 bits per heavy atom. The van der Waals surface area contributed by atoms with Gasteiger partial charge in [-0.3, -0.25) is 4.98 Å². The van der Waals surface area contributed by atoms with Crippen LogP contribution in [0.4, 0.5) is 5.69 Å². The maximum absolute atomic E-state index is 6.22. The average molecular weight is 298 g/mol. The van der Waals surface area contributed by atoms with Gasteiger partial charge in [0.05, 0.1) is 22.3 Å². The van der Waals surface area contributed by atoms with Crippen molar-refractivity contribution >= 4 is 28.2 Å². The maximum Gasteiger partial charge on any atom is 0.0948 e. The Labute approximate surface area is 128 Å². The SMILES string of the molecule is NCC(Nc1ccc(Cl)c2cccnc12)c1ccccc1. The van der Waals surface area contributed by atoms with Gasteiger partial charge in [0.2, 0.25) is 0 Å². The molecule has 0 aliphatic heterocycles. The summed E-state index contributed by atoms with van der Waals surface area (Å²) in [5.74, 6) is 0. The highest BCUT2D eigenvalue weighted by molar-refractivity contribution is 6.35. The largest absolute Gasteiger partial charge is 0.375 e. The average Bonchev–Trinajstić information content (AvgIpc) is 2.55. The number of nitrogens with two attached hydrogens (primary N) is 1. The second-order valence-corrected chi connectivity index (χ2v) is 5.25. The predicted octanol–water partition coefficient (Wildman–Crippen LogP) is 4.00. The lowest BCUT2D eigenvalue weighted by Gasteiger charge is -2.19. The van der Waals surface area contributed by atoms with E-state index in [-0.39, 0.29) is 6.04 Å². The number of nitrogens with zero attached hydrogens (tertiary/aromatic N) is 1. The van der Waals surface area contributed by atoms with Gasteiger partial charge >= 0.3 is 0 Å². The van der Waals surface area contributed by atoms with E-state index in [4.69, 9.17) is 17.3 Å². The molecule has 0 aliphatic carbocycles. The summed E-state index contributed by atoms with van der Waals surface area (Å²) in [6.07, 6.45) is 1.77. The number of fused-ring (bicyclic) bond motifs is 1. The van der Waals surface area contributed by atoms with Crippen LogP contribution < -0.4 is 11.1 Å². The van der Waals surface area contributed by atoms with Crippen molar-refractivity contribution in [3.05, 3.63) is 71.4 Å². The number of hydrogen-bond acceptors (Lipinski definition) is 3. The topological polar surface area (TPSA) is 50.9 Å².